The van der Waals surface area contributed by atoms with Gasteiger partial charge in [-0.2, -0.15) is 0 Å². The van der Waals surface area contributed by atoms with Crippen LogP contribution in [0.5, 0.6) is 5.75 Å². The summed E-state index contributed by atoms with van der Waals surface area (Å²) in [6.45, 7) is 9.30. The zero-order chi connectivity index (χ0) is 34.7. The van der Waals surface area contributed by atoms with Gasteiger partial charge in [-0.05, 0) is 86.4 Å². The monoisotopic (exact) mass is 626 g/mol. The Morgan fingerprint density at radius 3 is 2.11 bits per heavy atom. The van der Waals surface area contributed by atoms with Gasteiger partial charge in [-0.1, -0.05) is 60.7 Å². The largest absolute Gasteiger partial charge is 0.496 e. The first-order valence-electron chi connectivity index (χ1n) is 17.9. The van der Waals surface area contributed by atoms with E-state index in [9.17, 15) is 9.59 Å². The van der Waals surface area contributed by atoms with Crippen LogP contribution in [0.1, 0.15) is 78.4 Å². The molecule has 8 heteroatoms. The van der Waals surface area contributed by atoms with Crippen molar-refractivity contribution in [1.29, 1.82) is 0 Å². The number of fused-ring (bicyclic) bond motifs is 5. The van der Waals surface area contributed by atoms with E-state index >= 15 is 0 Å². The molecule has 0 radical (unpaired) electrons. The predicted molar refractivity (Wildman–Crippen MR) is 177 cm³/mol. The summed E-state index contributed by atoms with van der Waals surface area (Å²) >= 11 is 0. The zero-order valence-electron chi connectivity index (χ0n) is 30.1. The van der Waals surface area contributed by atoms with Crippen LogP contribution < -0.4 is 4.74 Å². The third-order valence-corrected chi connectivity index (χ3v) is 10.3. The Hall–Kier alpha value is -4.04. The number of methoxy groups -OCH3 is 1. The maximum absolute atomic E-state index is 14.2. The number of carbonyl (C=O) groups is 2. The molecule has 3 fully saturated rings. The quantitative estimate of drug-likeness (QED) is 0.300. The van der Waals surface area contributed by atoms with Crippen molar-refractivity contribution >= 4 is 12.2 Å². The van der Waals surface area contributed by atoms with Crippen LogP contribution in [0.25, 0.3) is 11.1 Å². The molecule has 0 spiro atoms. The molecule has 3 heterocycles. The maximum atomic E-state index is 14.2. The van der Waals surface area contributed by atoms with E-state index < -0.39 is 24.8 Å². The van der Waals surface area contributed by atoms with Gasteiger partial charge in [0.05, 0.1) is 17.2 Å². The van der Waals surface area contributed by atoms with Gasteiger partial charge >= 0.3 is 12.2 Å². The number of rotatable bonds is 5. The van der Waals surface area contributed by atoms with E-state index in [2.05, 4.69) is 29.2 Å². The van der Waals surface area contributed by atoms with Gasteiger partial charge < -0.3 is 19.1 Å². The third kappa shape index (κ3) is 5.40. The van der Waals surface area contributed by atoms with Gasteiger partial charge in [0, 0.05) is 43.7 Å². The van der Waals surface area contributed by atoms with Crippen molar-refractivity contribution in [2.75, 3.05) is 33.3 Å². The third-order valence-electron chi connectivity index (χ3n) is 10.3. The van der Waals surface area contributed by atoms with Crippen LogP contribution in [0.4, 0.5) is 9.59 Å². The molecule has 4 aliphatic rings. The lowest BCUT2D eigenvalue weighted by Crippen LogP contribution is -2.59. The van der Waals surface area contributed by atoms with Gasteiger partial charge in [0.25, 0.3) is 0 Å². The Bertz CT molecular complexity index is 1680. The van der Waals surface area contributed by atoms with Gasteiger partial charge in [0.1, 0.15) is 18.0 Å². The number of likely N-dealkylation sites (tertiary alicyclic amines) is 2. The smallest absolute Gasteiger partial charge is 0.410 e. The first-order valence-corrected chi connectivity index (χ1v) is 16.4. The Labute approximate surface area is 276 Å². The summed E-state index contributed by atoms with van der Waals surface area (Å²) in [5, 5.41) is 0. The summed E-state index contributed by atoms with van der Waals surface area (Å²) in [7, 11) is -2.61. The summed E-state index contributed by atoms with van der Waals surface area (Å²) < 4.78 is 40.6. The van der Waals surface area contributed by atoms with Gasteiger partial charge in [0.2, 0.25) is 0 Å². The van der Waals surface area contributed by atoms with Crippen molar-refractivity contribution in [2.24, 2.45) is 0 Å². The minimum absolute atomic E-state index is 0.0551. The summed E-state index contributed by atoms with van der Waals surface area (Å²) in [4.78, 5) is 33.4. The van der Waals surface area contributed by atoms with Crippen LogP contribution in [-0.2, 0) is 9.47 Å². The molecule has 8 nitrogen and oxygen atoms in total. The molecule has 0 N–H and O–H groups in total. The van der Waals surface area contributed by atoms with Crippen LogP contribution in [0.3, 0.4) is 0 Å². The van der Waals surface area contributed by atoms with Gasteiger partial charge in [-0.25, -0.2) is 9.59 Å². The highest BCUT2D eigenvalue weighted by Gasteiger charge is 2.51. The Balaban J connectivity index is 1.17. The van der Waals surface area contributed by atoms with Crippen LogP contribution in [0.2, 0.25) is 0 Å². The second-order valence-corrected chi connectivity index (χ2v) is 14.1. The second kappa shape index (κ2) is 12.0. The van der Waals surface area contributed by atoms with Gasteiger partial charge in [-0.15, -0.1) is 0 Å². The van der Waals surface area contributed by atoms with E-state index in [0.717, 1.165) is 36.0 Å². The molecule has 0 aromatic heterocycles. The average molecular weight is 627 g/mol. The van der Waals surface area contributed by atoms with Crippen molar-refractivity contribution in [1.82, 2.24) is 14.7 Å². The lowest BCUT2D eigenvalue weighted by atomic mass is 9.92. The molecule has 1 aliphatic carbocycles. The minimum atomic E-state index is -2.61. The Kier molecular flexibility index (Phi) is 7.05. The summed E-state index contributed by atoms with van der Waals surface area (Å²) in [5.41, 5.74) is 5.58. The molecule has 242 valence electrons. The molecular weight excluding hydrogens is 578 g/mol. The number of benzene rings is 3. The molecular formula is C38H45N3O5. The first kappa shape index (κ1) is 27.1. The van der Waals surface area contributed by atoms with E-state index in [1.165, 1.54) is 11.1 Å². The molecule has 0 saturated carbocycles. The highest BCUT2D eigenvalue weighted by Crippen LogP contribution is 2.47. The minimum Gasteiger partial charge on any atom is -0.496 e. The fraction of sp³-hybridized carbons (Fsp3) is 0.474. The van der Waals surface area contributed by atoms with Crippen molar-refractivity contribution in [3.63, 3.8) is 0 Å². The van der Waals surface area contributed by atoms with Crippen LogP contribution in [0.15, 0.2) is 66.7 Å². The SMILES string of the molecule is [2H]C([2H])([2H])Oc1cccc([C@H]2[C@@H](N3C4CCC3CN(C(=O)OC(C)(C)C)C4)CCN2C(=O)OCC2c3ccccc3-c3ccccc32)c1C. The summed E-state index contributed by atoms with van der Waals surface area (Å²) in [6.07, 6.45) is 1.92. The Morgan fingerprint density at radius 1 is 0.848 bits per heavy atom. The molecule has 3 aromatic carbocycles. The lowest BCUT2D eigenvalue weighted by Gasteiger charge is -2.46. The topological polar surface area (TPSA) is 71.6 Å². The van der Waals surface area contributed by atoms with E-state index in [1.54, 1.807) is 12.1 Å². The molecule has 46 heavy (non-hydrogen) atoms. The predicted octanol–water partition coefficient (Wildman–Crippen LogP) is 7.15. The molecule has 7 rings (SSSR count). The zero-order valence-corrected chi connectivity index (χ0v) is 27.1. The highest BCUT2D eigenvalue weighted by molar-refractivity contribution is 5.79. The number of hydrogen-bond acceptors (Lipinski definition) is 6. The molecule has 3 aliphatic heterocycles. The lowest BCUT2D eigenvalue weighted by molar-refractivity contribution is -0.0128. The van der Waals surface area contributed by atoms with Crippen molar-refractivity contribution in [2.45, 2.75) is 82.6 Å². The number of carbonyl (C=O) groups excluding carboxylic acids is 2. The van der Waals surface area contributed by atoms with Crippen LogP contribution >= 0.6 is 0 Å². The molecule has 3 aromatic rings. The number of ether oxygens (including phenoxy) is 3. The highest BCUT2D eigenvalue weighted by atomic mass is 16.6. The van der Waals surface area contributed by atoms with Crippen molar-refractivity contribution in [3.05, 3.63) is 89.0 Å². The average Bonchev–Trinajstić information content (AvgIpc) is 3.68. The van der Waals surface area contributed by atoms with Gasteiger partial charge in [0.15, 0.2) is 0 Å². The number of amides is 2. The molecule has 2 bridgehead atoms. The molecule has 2 amide bonds. The summed E-state index contributed by atoms with van der Waals surface area (Å²) in [6, 6.07) is 21.8. The molecule has 3 saturated heterocycles. The van der Waals surface area contributed by atoms with Crippen molar-refractivity contribution in [3.8, 4) is 16.9 Å². The fourth-order valence-corrected chi connectivity index (χ4v) is 8.36. The molecule has 2 unspecified atom stereocenters. The van der Waals surface area contributed by atoms with E-state index in [-0.39, 0.29) is 42.5 Å². The van der Waals surface area contributed by atoms with Crippen LogP contribution in [0, 0.1) is 6.92 Å². The number of piperazine rings is 1. The van der Waals surface area contributed by atoms with E-state index in [4.69, 9.17) is 18.3 Å². The Morgan fingerprint density at radius 2 is 1.48 bits per heavy atom. The van der Waals surface area contributed by atoms with Crippen LogP contribution in [-0.4, -0.2) is 83.9 Å². The maximum Gasteiger partial charge on any atom is 0.410 e. The number of hydrogen-bond donors (Lipinski definition) is 0. The van der Waals surface area contributed by atoms with Crippen molar-refractivity contribution < 1.29 is 27.9 Å². The molecule has 4 atom stereocenters. The standard InChI is InChI=1S/C38H45N3O5/c1-24-27(15-10-16-34(24)44-5)35-33(41-25-17-18-26(41)22-39(21-25)36(42)46-38(2,3)4)19-20-40(35)37(43)45-23-32-30-13-8-6-11-28(30)29-12-7-9-14-31(29)32/h6-16,25-26,32-33,35H,17-23H2,1-5H3/t25?,26?,33-,35-/m0/s1/i5D3. The summed E-state index contributed by atoms with van der Waals surface area (Å²) in [5.74, 6) is 0.205. The van der Waals surface area contributed by atoms with E-state index in [1.807, 2.05) is 67.8 Å². The fourth-order valence-electron chi connectivity index (χ4n) is 8.36. The van der Waals surface area contributed by atoms with E-state index in [0.29, 0.717) is 25.2 Å². The number of nitrogens with zero attached hydrogens (tertiary/aromatic N) is 3. The normalized spacial score (nSPS) is 25.3. The van der Waals surface area contributed by atoms with Gasteiger partial charge in [-0.3, -0.25) is 9.80 Å². The second-order valence-electron chi connectivity index (χ2n) is 14.1. The first-order chi connectivity index (χ1) is 23.3.